The van der Waals surface area contributed by atoms with Gasteiger partial charge >= 0.3 is 5.97 Å². The lowest BCUT2D eigenvalue weighted by molar-refractivity contribution is -0.137. The lowest BCUT2D eigenvalue weighted by Crippen LogP contribution is -2.23. The summed E-state index contributed by atoms with van der Waals surface area (Å²) in [5.41, 5.74) is 5.70. The molecule has 18 heavy (non-hydrogen) atoms. The zero-order valence-electron chi connectivity index (χ0n) is 12.2. The Balaban J connectivity index is 3.18. The van der Waals surface area contributed by atoms with Gasteiger partial charge < -0.3 is 10.8 Å². The Bertz CT molecular complexity index is 207. The van der Waals surface area contributed by atoms with E-state index in [9.17, 15) is 4.79 Å². The molecule has 0 aliphatic carbocycles. The predicted molar refractivity (Wildman–Crippen MR) is 76.6 cm³/mol. The number of carboxylic acids is 1. The monoisotopic (exact) mass is 257 g/mol. The Hall–Kier alpha value is -0.570. The van der Waals surface area contributed by atoms with Crippen molar-refractivity contribution >= 4 is 5.97 Å². The standard InChI is InChI=1S/C15H31NO2/c1-3-13(2)10-8-6-4-5-7-9-11-14(16)12-15(17)18/h13-14H,3-12,16H2,1-2H3,(H,17,18)/t13-,14-/m1/s1. The van der Waals surface area contributed by atoms with E-state index < -0.39 is 5.97 Å². The Morgan fingerprint density at radius 3 is 2.06 bits per heavy atom. The van der Waals surface area contributed by atoms with Crippen LogP contribution in [0.4, 0.5) is 0 Å². The van der Waals surface area contributed by atoms with Gasteiger partial charge in [-0.3, -0.25) is 4.79 Å². The Labute approximate surface area is 112 Å². The predicted octanol–water partition coefficient (Wildman–Crippen LogP) is 3.96. The fourth-order valence-corrected chi connectivity index (χ4v) is 2.14. The van der Waals surface area contributed by atoms with Gasteiger partial charge in [0.25, 0.3) is 0 Å². The summed E-state index contributed by atoms with van der Waals surface area (Å²) in [6.07, 6.45) is 11.1. The van der Waals surface area contributed by atoms with Gasteiger partial charge in [-0.2, -0.15) is 0 Å². The molecular weight excluding hydrogens is 226 g/mol. The fraction of sp³-hybridized carbons (Fsp3) is 0.933. The molecule has 108 valence electrons. The SMILES string of the molecule is CC[C@@H](C)CCCCCCCC[C@@H](N)CC(=O)O. The molecule has 3 nitrogen and oxygen atoms in total. The molecule has 0 saturated heterocycles. The minimum absolute atomic E-state index is 0.106. The largest absolute Gasteiger partial charge is 0.481 e. The first-order valence-electron chi connectivity index (χ1n) is 7.53. The van der Waals surface area contributed by atoms with E-state index >= 15 is 0 Å². The summed E-state index contributed by atoms with van der Waals surface area (Å²) in [6, 6.07) is -0.159. The van der Waals surface area contributed by atoms with Gasteiger partial charge in [0.15, 0.2) is 0 Å². The van der Waals surface area contributed by atoms with Crippen molar-refractivity contribution in [3.05, 3.63) is 0 Å². The van der Waals surface area contributed by atoms with Crippen LogP contribution in [0, 0.1) is 5.92 Å². The van der Waals surface area contributed by atoms with Crippen LogP contribution in [0.25, 0.3) is 0 Å². The smallest absolute Gasteiger partial charge is 0.304 e. The minimum Gasteiger partial charge on any atom is -0.481 e. The molecule has 2 atom stereocenters. The van der Waals surface area contributed by atoms with Gasteiger partial charge in [-0.05, 0) is 12.3 Å². The molecule has 0 bridgehead atoms. The Morgan fingerprint density at radius 2 is 1.56 bits per heavy atom. The van der Waals surface area contributed by atoms with Gasteiger partial charge in [0.1, 0.15) is 0 Å². The topological polar surface area (TPSA) is 63.3 Å². The van der Waals surface area contributed by atoms with Crippen LogP contribution in [0.15, 0.2) is 0 Å². The van der Waals surface area contributed by atoms with E-state index in [1.54, 1.807) is 0 Å². The quantitative estimate of drug-likeness (QED) is 0.520. The van der Waals surface area contributed by atoms with Crippen LogP contribution in [-0.4, -0.2) is 17.1 Å². The summed E-state index contributed by atoms with van der Waals surface area (Å²) in [4.78, 5) is 10.4. The van der Waals surface area contributed by atoms with Gasteiger partial charge in [-0.25, -0.2) is 0 Å². The number of aliphatic carboxylic acids is 1. The summed E-state index contributed by atoms with van der Waals surface area (Å²) in [7, 11) is 0. The van der Waals surface area contributed by atoms with E-state index in [1.165, 1.54) is 44.9 Å². The van der Waals surface area contributed by atoms with E-state index in [2.05, 4.69) is 13.8 Å². The van der Waals surface area contributed by atoms with Crippen molar-refractivity contribution in [3.8, 4) is 0 Å². The summed E-state index contributed by atoms with van der Waals surface area (Å²) in [6.45, 7) is 4.58. The molecule has 0 radical (unpaired) electrons. The molecule has 3 N–H and O–H groups in total. The number of hydrogen-bond acceptors (Lipinski definition) is 2. The number of nitrogens with two attached hydrogens (primary N) is 1. The zero-order valence-corrected chi connectivity index (χ0v) is 12.2. The van der Waals surface area contributed by atoms with E-state index in [0.29, 0.717) is 0 Å². The highest BCUT2D eigenvalue weighted by Gasteiger charge is 2.06. The molecule has 0 fully saturated rings. The van der Waals surface area contributed by atoms with Crippen LogP contribution in [0.2, 0.25) is 0 Å². The van der Waals surface area contributed by atoms with Gasteiger partial charge in [-0.15, -0.1) is 0 Å². The second kappa shape index (κ2) is 11.5. The van der Waals surface area contributed by atoms with Gasteiger partial charge in [0, 0.05) is 6.04 Å². The van der Waals surface area contributed by atoms with Gasteiger partial charge in [0.05, 0.1) is 6.42 Å². The first-order chi connectivity index (χ1) is 8.56. The third-order valence-corrected chi connectivity index (χ3v) is 3.66. The number of unbranched alkanes of at least 4 members (excludes halogenated alkanes) is 5. The minimum atomic E-state index is -0.785. The molecule has 0 unspecified atom stereocenters. The number of hydrogen-bond donors (Lipinski definition) is 2. The Kier molecular flexibility index (Phi) is 11.2. The zero-order chi connectivity index (χ0) is 13.8. The van der Waals surface area contributed by atoms with E-state index in [-0.39, 0.29) is 12.5 Å². The van der Waals surface area contributed by atoms with Crippen LogP contribution in [-0.2, 0) is 4.79 Å². The molecule has 0 aliphatic rings. The first-order valence-corrected chi connectivity index (χ1v) is 7.53. The molecule has 0 aliphatic heterocycles. The Morgan fingerprint density at radius 1 is 1.06 bits per heavy atom. The summed E-state index contributed by atoms with van der Waals surface area (Å²) in [5, 5.41) is 8.57. The van der Waals surface area contributed by atoms with E-state index in [1.807, 2.05) is 0 Å². The van der Waals surface area contributed by atoms with Crippen molar-refractivity contribution in [2.24, 2.45) is 11.7 Å². The van der Waals surface area contributed by atoms with Crippen LogP contribution in [0.5, 0.6) is 0 Å². The maximum atomic E-state index is 10.4. The molecule has 0 heterocycles. The number of carbonyl (C=O) groups is 1. The normalized spacial score (nSPS) is 14.4. The molecule has 0 rings (SSSR count). The van der Waals surface area contributed by atoms with E-state index in [4.69, 9.17) is 10.8 Å². The second-order valence-corrected chi connectivity index (χ2v) is 5.57. The average Bonchev–Trinajstić information content (AvgIpc) is 2.31. The molecule has 0 amide bonds. The van der Waals surface area contributed by atoms with Gasteiger partial charge in [-0.1, -0.05) is 65.2 Å². The third kappa shape index (κ3) is 11.9. The maximum Gasteiger partial charge on any atom is 0.304 e. The highest BCUT2D eigenvalue weighted by Crippen LogP contribution is 2.14. The van der Waals surface area contributed by atoms with Crippen molar-refractivity contribution in [1.82, 2.24) is 0 Å². The molecular formula is C15H31NO2. The average molecular weight is 257 g/mol. The van der Waals surface area contributed by atoms with Crippen molar-refractivity contribution in [2.45, 2.75) is 84.1 Å². The van der Waals surface area contributed by atoms with Crippen molar-refractivity contribution in [2.75, 3.05) is 0 Å². The van der Waals surface area contributed by atoms with E-state index in [0.717, 1.165) is 18.8 Å². The van der Waals surface area contributed by atoms with Crippen molar-refractivity contribution < 1.29 is 9.90 Å². The second-order valence-electron chi connectivity index (χ2n) is 5.57. The lowest BCUT2D eigenvalue weighted by atomic mass is 9.99. The summed E-state index contributed by atoms with van der Waals surface area (Å²) in [5.74, 6) is 0.0894. The molecule has 0 aromatic heterocycles. The number of carboxylic acid groups (broad SMARTS) is 1. The molecule has 0 saturated carbocycles. The lowest BCUT2D eigenvalue weighted by Gasteiger charge is -2.09. The first kappa shape index (κ1) is 17.4. The molecule has 3 heteroatoms. The summed E-state index contributed by atoms with van der Waals surface area (Å²) < 4.78 is 0. The highest BCUT2D eigenvalue weighted by molar-refractivity contribution is 5.67. The van der Waals surface area contributed by atoms with Crippen LogP contribution in [0.1, 0.15) is 78.1 Å². The molecule has 0 aromatic rings. The third-order valence-electron chi connectivity index (χ3n) is 3.66. The van der Waals surface area contributed by atoms with Crippen molar-refractivity contribution in [3.63, 3.8) is 0 Å². The molecule has 0 aromatic carbocycles. The highest BCUT2D eigenvalue weighted by atomic mass is 16.4. The maximum absolute atomic E-state index is 10.4. The van der Waals surface area contributed by atoms with Crippen LogP contribution < -0.4 is 5.73 Å². The van der Waals surface area contributed by atoms with Crippen LogP contribution >= 0.6 is 0 Å². The van der Waals surface area contributed by atoms with Crippen LogP contribution in [0.3, 0.4) is 0 Å². The summed E-state index contributed by atoms with van der Waals surface area (Å²) >= 11 is 0. The van der Waals surface area contributed by atoms with Gasteiger partial charge in [0.2, 0.25) is 0 Å². The number of rotatable bonds is 12. The van der Waals surface area contributed by atoms with Crippen molar-refractivity contribution in [1.29, 1.82) is 0 Å². The fourth-order valence-electron chi connectivity index (χ4n) is 2.14. The molecule has 0 spiro atoms.